The van der Waals surface area contributed by atoms with Gasteiger partial charge in [0.1, 0.15) is 0 Å². The van der Waals surface area contributed by atoms with Crippen LogP contribution in [0.1, 0.15) is 5.56 Å². The molecule has 2 aromatic carbocycles. The normalized spacial score (nSPS) is 10.5. The number of halogens is 4. The molecule has 0 radical (unpaired) electrons. The molecule has 3 rings (SSSR count). The number of rotatable bonds is 2. The molecule has 0 fully saturated rings. The number of hydrogen-bond donors (Lipinski definition) is 0. The number of hydrogen-bond acceptors (Lipinski definition) is 1. The average Bonchev–Trinajstić information content (AvgIpc) is 2.82. The second kappa shape index (κ2) is 8.36. The van der Waals surface area contributed by atoms with Gasteiger partial charge < -0.3 is 21.8 Å². The second-order valence-electron chi connectivity index (χ2n) is 4.34. The summed E-state index contributed by atoms with van der Waals surface area (Å²) >= 11 is 0. The van der Waals surface area contributed by atoms with Gasteiger partial charge in [0.2, 0.25) is 0 Å². The Bertz CT molecular complexity index is 695. The first kappa shape index (κ1) is 18.7. The SMILES string of the molecule is F[B-](F)(F)F.[Na+].c1ccc(Cn2cnc3ccccc32)cc1. The third-order valence-electron chi connectivity index (χ3n) is 2.72. The topological polar surface area (TPSA) is 17.8 Å². The molecule has 0 amide bonds. The fourth-order valence-electron chi connectivity index (χ4n) is 1.92. The van der Waals surface area contributed by atoms with Gasteiger partial charge in [0.05, 0.1) is 17.4 Å². The van der Waals surface area contributed by atoms with Gasteiger partial charge in [-0.15, -0.1) is 0 Å². The van der Waals surface area contributed by atoms with Gasteiger partial charge >= 0.3 is 36.8 Å². The van der Waals surface area contributed by atoms with E-state index in [4.69, 9.17) is 0 Å². The van der Waals surface area contributed by atoms with E-state index < -0.39 is 7.25 Å². The van der Waals surface area contributed by atoms with E-state index in [1.165, 1.54) is 11.1 Å². The fourth-order valence-corrected chi connectivity index (χ4v) is 1.92. The molecule has 110 valence electrons. The van der Waals surface area contributed by atoms with Crippen LogP contribution in [0.3, 0.4) is 0 Å². The van der Waals surface area contributed by atoms with Crippen molar-refractivity contribution in [3.8, 4) is 0 Å². The van der Waals surface area contributed by atoms with Crippen molar-refractivity contribution >= 4 is 18.3 Å². The minimum Gasteiger partial charge on any atom is -0.418 e. The molecular weight excluding hydrogens is 306 g/mol. The van der Waals surface area contributed by atoms with Gasteiger partial charge in [0.15, 0.2) is 0 Å². The molecule has 0 saturated heterocycles. The van der Waals surface area contributed by atoms with Crippen LogP contribution in [0.2, 0.25) is 0 Å². The van der Waals surface area contributed by atoms with Crippen LogP contribution in [0.5, 0.6) is 0 Å². The smallest absolute Gasteiger partial charge is 0.418 e. The van der Waals surface area contributed by atoms with Crippen molar-refractivity contribution < 1.29 is 46.8 Å². The molecule has 0 aliphatic carbocycles. The maximum atomic E-state index is 9.75. The predicted octanol–water partition coefficient (Wildman–Crippen LogP) is 1.39. The summed E-state index contributed by atoms with van der Waals surface area (Å²) in [5.41, 5.74) is 3.54. The monoisotopic (exact) mass is 318 g/mol. The van der Waals surface area contributed by atoms with Gasteiger partial charge in [-0.3, -0.25) is 0 Å². The summed E-state index contributed by atoms with van der Waals surface area (Å²) < 4.78 is 41.2. The molecular formula is C14H12BF4N2Na. The summed E-state index contributed by atoms with van der Waals surface area (Å²) in [4.78, 5) is 4.38. The number of aromatic nitrogens is 2. The standard InChI is InChI=1S/C14H12N2.BF4.Na/c1-2-6-12(7-3-1)10-16-11-15-13-8-4-5-9-14(13)16;2-1(3,4)5;/h1-9,11H,10H2;;/q;-1;+1. The van der Waals surface area contributed by atoms with E-state index in [-0.39, 0.29) is 29.6 Å². The summed E-state index contributed by atoms with van der Waals surface area (Å²) in [5.74, 6) is 0. The number of benzene rings is 2. The maximum absolute atomic E-state index is 9.75. The predicted molar refractivity (Wildman–Crippen MR) is 75.5 cm³/mol. The number of para-hydroxylation sites is 2. The first-order chi connectivity index (χ1) is 9.93. The number of imidazole rings is 1. The van der Waals surface area contributed by atoms with Crippen LogP contribution in [0.4, 0.5) is 17.3 Å². The Morgan fingerprint density at radius 1 is 0.864 bits per heavy atom. The van der Waals surface area contributed by atoms with Crippen molar-refractivity contribution in [2.45, 2.75) is 6.54 Å². The van der Waals surface area contributed by atoms with Crippen molar-refractivity contribution in [3.05, 3.63) is 66.5 Å². The van der Waals surface area contributed by atoms with Crippen molar-refractivity contribution in [1.29, 1.82) is 0 Å². The Balaban J connectivity index is 0.000000356. The zero-order chi connectivity index (χ0) is 15.3. The third kappa shape index (κ3) is 6.21. The molecule has 0 saturated carbocycles. The van der Waals surface area contributed by atoms with Crippen LogP contribution >= 0.6 is 0 Å². The van der Waals surface area contributed by atoms with Crippen molar-refractivity contribution in [2.75, 3.05) is 0 Å². The molecule has 0 aliphatic heterocycles. The van der Waals surface area contributed by atoms with Gasteiger partial charge in [0.25, 0.3) is 0 Å². The molecule has 3 aromatic rings. The van der Waals surface area contributed by atoms with Crippen molar-refractivity contribution in [2.24, 2.45) is 0 Å². The Hall–Kier alpha value is -1.31. The van der Waals surface area contributed by atoms with Crippen molar-refractivity contribution in [1.82, 2.24) is 9.55 Å². The fraction of sp³-hybridized carbons (Fsp3) is 0.0714. The van der Waals surface area contributed by atoms with Crippen LogP contribution in [0, 0.1) is 0 Å². The molecule has 0 spiro atoms. The summed E-state index contributed by atoms with van der Waals surface area (Å²) in [5, 5.41) is 0. The van der Waals surface area contributed by atoms with Crippen LogP contribution in [-0.2, 0) is 6.54 Å². The van der Waals surface area contributed by atoms with E-state index in [9.17, 15) is 17.3 Å². The van der Waals surface area contributed by atoms with E-state index in [0.717, 1.165) is 12.1 Å². The zero-order valence-electron chi connectivity index (χ0n) is 12.0. The molecule has 0 N–H and O–H groups in total. The number of nitrogens with zero attached hydrogens (tertiary/aromatic N) is 2. The zero-order valence-corrected chi connectivity index (χ0v) is 14.0. The van der Waals surface area contributed by atoms with Crippen LogP contribution in [-0.4, -0.2) is 16.8 Å². The van der Waals surface area contributed by atoms with Crippen LogP contribution in [0.25, 0.3) is 11.0 Å². The molecule has 2 nitrogen and oxygen atoms in total. The van der Waals surface area contributed by atoms with E-state index in [1.807, 2.05) is 30.6 Å². The Morgan fingerprint density at radius 3 is 2.05 bits per heavy atom. The summed E-state index contributed by atoms with van der Waals surface area (Å²) in [6.07, 6.45) is 1.90. The third-order valence-corrected chi connectivity index (χ3v) is 2.72. The number of fused-ring (bicyclic) bond motifs is 1. The molecule has 0 unspecified atom stereocenters. The molecule has 1 heterocycles. The molecule has 0 bridgehead atoms. The summed E-state index contributed by atoms with van der Waals surface area (Å²) in [6, 6.07) is 18.6. The van der Waals surface area contributed by atoms with E-state index in [1.54, 1.807) is 0 Å². The largest absolute Gasteiger partial charge is 1.00 e. The first-order valence-electron chi connectivity index (χ1n) is 6.24. The molecule has 0 atom stereocenters. The molecule has 22 heavy (non-hydrogen) atoms. The minimum absolute atomic E-state index is 0. The Kier molecular flexibility index (Phi) is 7.12. The van der Waals surface area contributed by atoms with Gasteiger partial charge in [-0.1, -0.05) is 42.5 Å². The average molecular weight is 318 g/mol. The van der Waals surface area contributed by atoms with Gasteiger partial charge in [-0.25, -0.2) is 4.98 Å². The maximum Gasteiger partial charge on any atom is 1.00 e. The van der Waals surface area contributed by atoms with E-state index in [2.05, 4.69) is 39.9 Å². The van der Waals surface area contributed by atoms with Crippen LogP contribution < -0.4 is 29.6 Å². The summed E-state index contributed by atoms with van der Waals surface area (Å²) in [7, 11) is -6.00. The minimum atomic E-state index is -6.00. The second-order valence-corrected chi connectivity index (χ2v) is 4.34. The molecule has 8 heteroatoms. The Labute approximate surface area is 147 Å². The van der Waals surface area contributed by atoms with Crippen molar-refractivity contribution in [3.63, 3.8) is 0 Å². The molecule has 1 aromatic heterocycles. The molecule has 0 aliphatic rings. The van der Waals surface area contributed by atoms with E-state index in [0.29, 0.717) is 0 Å². The summed E-state index contributed by atoms with van der Waals surface area (Å²) in [6.45, 7) is 0.876. The van der Waals surface area contributed by atoms with Gasteiger partial charge in [0, 0.05) is 6.54 Å². The first-order valence-corrected chi connectivity index (χ1v) is 6.24. The van der Waals surface area contributed by atoms with Crippen LogP contribution in [0.15, 0.2) is 60.9 Å². The van der Waals surface area contributed by atoms with Gasteiger partial charge in [-0.05, 0) is 17.7 Å². The Morgan fingerprint density at radius 2 is 1.41 bits per heavy atom. The van der Waals surface area contributed by atoms with Gasteiger partial charge in [-0.2, -0.15) is 0 Å². The van der Waals surface area contributed by atoms with E-state index >= 15 is 0 Å². The quantitative estimate of drug-likeness (QED) is 0.516.